The number of ether oxygens (including phenoxy) is 1. The molecule has 0 saturated carbocycles. The maximum absolute atomic E-state index is 11.0. The van der Waals surface area contributed by atoms with E-state index in [0.717, 1.165) is 17.1 Å². The van der Waals surface area contributed by atoms with Crippen LogP contribution in [-0.4, -0.2) is 21.8 Å². The Morgan fingerprint density at radius 1 is 1.41 bits per heavy atom. The van der Waals surface area contributed by atoms with Crippen molar-refractivity contribution in [1.82, 2.24) is 0 Å². The molecule has 17 heavy (non-hydrogen) atoms. The van der Waals surface area contributed by atoms with E-state index in [-0.39, 0.29) is 6.10 Å². The normalized spacial score (nSPS) is 26.1. The second-order valence-corrected chi connectivity index (χ2v) is 6.09. The van der Waals surface area contributed by atoms with Crippen LogP contribution in [0.2, 0.25) is 0 Å². The average molecular weight is 250 g/mol. The monoisotopic (exact) mass is 250 g/mol. The highest BCUT2D eigenvalue weighted by atomic mass is 32.2. The predicted molar refractivity (Wildman–Crippen MR) is 72.0 cm³/mol. The van der Waals surface area contributed by atoms with Crippen LogP contribution in [0.4, 0.5) is 0 Å². The standard InChI is InChI=1S/C14H18O2S/c1-11(13-6-4-3-5-7-13)8-16-12(2)14-9-17(15)10-14/h3-8,12,14H,9-10H2,1-2H3/b11-8-. The van der Waals surface area contributed by atoms with Crippen molar-refractivity contribution in [2.24, 2.45) is 5.92 Å². The third kappa shape index (κ3) is 3.19. The zero-order chi connectivity index (χ0) is 12.3. The molecule has 92 valence electrons. The molecule has 1 fully saturated rings. The van der Waals surface area contributed by atoms with Gasteiger partial charge in [-0.2, -0.15) is 0 Å². The highest BCUT2D eigenvalue weighted by Gasteiger charge is 2.30. The highest BCUT2D eigenvalue weighted by molar-refractivity contribution is 7.86. The van der Waals surface area contributed by atoms with E-state index < -0.39 is 10.8 Å². The molecule has 2 rings (SSSR count). The Morgan fingerprint density at radius 2 is 2.06 bits per heavy atom. The van der Waals surface area contributed by atoms with Crippen LogP contribution >= 0.6 is 0 Å². The van der Waals surface area contributed by atoms with E-state index in [1.165, 1.54) is 5.56 Å². The molecule has 1 aliphatic heterocycles. The second kappa shape index (κ2) is 5.50. The molecule has 1 atom stereocenters. The van der Waals surface area contributed by atoms with E-state index in [2.05, 4.69) is 19.1 Å². The van der Waals surface area contributed by atoms with Gasteiger partial charge in [0.1, 0.15) is 0 Å². The van der Waals surface area contributed by atoms with Crippen molar-refractivity contribution in [2.45, 2.75) is 20.0 Å². The summed E-state index contributed by atoms with van der Waals surface area (Å²) >= 11 is 0. The second-order valence-electron chi connectivity index (χ2n) is 4.54. The van der Waals surface area contributed by atoms with Crippen molar-refractivity contribution in [3.05, 3.63) is 42.2 Å². The predicted octanol–water partition coefficient (Wildman–Crippen LogP) is 2.83. The maximum atomic E-state index is 11.0. The van der Waals surface area contributed by atoms with E-state index in [0.29, 0.717) is 5.92 Å². The first kappa shape index (κ1) is 12.4. The lowest BCUT2D eigenvalue weighted by Gasteiger charge is -2.30. The molecule has 1 aromatic carbocycles. The Bertz CT molecular complexity index is 417. The minimum Gasteiger partial charge on any atom is -0.498 e. The van der Waals surface area contributed by atoms with Crippen LogP contribution in [0.25, 0.3) is 5.57 Å². The van der Waals surface area contributed by atoms with Gasteiger partial charge in [-0.25, -0.2) is 0 Å². The summed E-state index contributed by atoms with van der Waals surface area (Å²) in [5.41, 5.74) is 2.30. The van der Waals surface area contributed by atoms with Gasteiger partial charge in [-0.15, -0.1) is 0 Å². The molecular formula is C14H18O2S. The first-order chi connectivity index (χ1) is 8.16. The molecule has 0 bridgehead atoms. The van der Waals surface area contributed by atoms with Crippen molar-refractivity contribution in [3.8, 4) is 0 Å². The largest absolute Gasteiger partial charge is 0.498 e. The van der Waals surface area contributed by atoms with Gasteiger partial charge < -0.3 is 4.74 Å². The summed E-state index contributed by atoms with van der Waals surface area (Å²) in [6.07, 6.45) is 1.98. The van der Waals surface area contributed by atoms with Gasteiger partial charge in [0.2, 0.25) is 0 Å². The number of allylic oxidation sites excluding steroid dienone is 1. The van der Waals surface area contributed by atoms with Crippen LogP contribution in [0.1, 0.15) is 19.4 Å². The zero-order valence-corrected chi connectivity index (χ0v) is 11.1. The topological polar surface area (TPSA) is 26.3 Å². The summed E-state index contributed by atoms with van der Waals surface area (Å²) in [5.74, 6) is 2.04. The summed E-state index contributed by atoms with van der Waals surface area (Å²) in [6, 6.07) is 10.2. The number of hydrogen-bond acceptors (Lipinski definition) is 2. The van der Waals surface area contributed by atoms with Crippen LogP contribution in [0.15, 0.2) is 36.6 Å². The van der Waals surface area contributed by atoms with Crippen molar-refractivity contribution in [1.29, 1.82) is 0 Å². The molecule has 0 spiro atoms. The molecule has 0 radical (unpaired) electrons. The molecule has 0 aliphatic carbocycles. The molecule has 1 aromatic rings. The summed E-state index contributed by atoms with van der Waals surface area (Å²) in [5, 5.41) is 0. The van der Waals surface area contributed by atoms with Gasteiger partial charge in [-0.1, -0.05) is 30.3 Å². The molecule has 0 aromatic heterocycles. The van der Waals surface area contributed by atoms with Gasteiger partial charge in [0.25, 0.3) is 0 Å². The van der Waals surface area contributed by atoms with Crippen molar-refractivity contribution >= 4 is 16.4 Å². The van der Waals surface area contributed by atoms with Crippen LogP contribution < -0.4 is 0 Å². The Morgan fingerprint density at radius 3 is 2.65 bits per heavy atom. The Kier molecular flexibility index (Phi) is 4.00. The summed E-state index contributed by atoms with van der Waals surface area (Å²) < 4.78 is 16.7. The molecule has 3 heteroatoms. The average Bonchev–Trinajstić information content (AvgIpc) is 2.32. The van der Waals surface area contributed by atoms with Gasteiger partial charge in [-0.05, 0) is 25.0 Å². The van der Waals surface area contributed by atoms with E-state index >= 15 is 0 Å². The van der Waals surface area contributed by atoms with E-state index in [4.69, 9.17) is 4.74 Å². The first-order valence-corrected chi connectivity index (χ1v) is 7.38. The fraction of sp³-hybridized carbons (Fsp3) is 0.429. The van der Waals surface area contributed by atoms with Gasteiger partial charge in [-0.3, -0.25) is 4.21 Å². The van der Waals surface area contributed by atoms with Gasteiger partial charge >= 0.3 is 0 Å². The molecule has 1 heterocycles. The smallest absolute Gasteiger partial charge is 0.0996 e. The third-order valence-electron chi connectivity index (χ3n) is 3.15. The molecule has 2 nitrogen and oxygen atoms in total. The van der Waals surface area contributed by atoms with Crippen LogP contribution in [0, 0.1) is 5.92 Å². The van der Waals surface area contributed by atoms with Crippen molar-refractivity contribution in [2.75, 3.05) is 11.5 Å². The molecular weight excluding hydrogens is 232 g/mol. The van der Waals surface area contributed by atoms with Crippen LogP contribution in [0.3, 0.4) is 0 Å². The summed E-state index contributed by atoms with van der Waals surface area (Å²) in [7, 11) is -0.594. The summed E-state index contributed by atoms with van der Waals surface area (Å²) in [4.78, 5) is 0. The molecule has 0 amide bonds. The van der Waals surface area contributed by atoms with Crippen LogP contribution in [-0.2, 0) is 15.5 Å². The minimum atomic E-state index is -0.594. The summed E-state index contributed by atoms with van der Waals surface area (Å²) in [6.45, 7) is 4.09. The molecule has 0 N–H and O–H groups in total. The first-order valence-electron chi connectivity index (χ1n) is 5.89. The van der Waals surface area contributed by atoms with E-state index in [1.807, 2.05) is 31.4 Å². The van der Waals surface area contributed by atoms with E-state index in [1.54, 1.807) is 0 Å². The van der Waals surface area contributed by atoms with Crippen molar-refractivity contribution < 1.29 is 8.95 Å². The lowest BCUT2D eigenvalue weighted by atomic mass is 10.1. The Hall–Kier alpha value is -1.09. The highest BCUT2D eigenvalue weighted by Crippen LogP contribution is 2.22. The Balaban J connectivity index is 1.90. The minimum absolute atomic E-state index is 0.159. The lowest BCUT2D eigenvalue weighted by Crippen LogP contribution is -2.39. The fourth-order valence-electron chi connectivity index (χ4n) is 1.79. The zero-order valence-electron chi connectivity index (χ0n) is 10.3. The third-order valence-corrected chi connectivity index (χ3v) is 4.75. The lowest BCUT2D eigenvalue weighted by molar-refractivity contribution is 0.116. The Labute approximate surface area is 105 Å². The number of benzene rings is 1. The van der Waals surface area contributed by atoms with Gasteiger partial charge in [0.05, 0.1) is 12.4 Å². The number of hydrogen-bond donors (Lipinski definition) is 0. The molecule has 1 saturated heterocycles. The molecule has 1 aliphatic rings. The quantitative estimate of drug-likeness (QED) is 0.768. The maximum Gasteiger partial charge on any atom is 0.0996 e. The fourth-order valence-corrected chi connectivity index (χ4v) is 3.19. The molecule has 1 unspecified atom stereocenters. The number of rotatable bonds is 4. The SMILES string of the molecule is C/C(=C/OC(C)C1CS(=O)C1)c1ccccc1. The van der Waals surface area contributed by atoms with Gasteiger partial charge in [0, 0.05) is 28.2 Å². The van der Waals surface area contributed by atoms with Gasteiger partial charge in [0.15, 0.2) is 0 Å². The van der Waals surface area contributed by atoms with Crippen LogP contribution in [0.5, 0.6) is 0 Å². The van der Waals surface area contributed by atoms with E-state index in [9.17, 15) is 4.21 Å². The van der Waals surface area contributed by atoms with Crippen molar-refractivity contribution in [3.63, 3.8) is 0 Å².